The van der Waals surface area contributed by atoms with Crippen molar-refractivity contribution in [1.29, 1.82) is 0 Å². The molecule has 1 aromatic carbocycles. The summed E-state index contributed by atoms with van der Waals surface area (Å²) in [6, 6.07) is 4.20. The average Bonchev–Trinajstić information content (AvgIpc) is 3.06. The molecule has 1 fully saturated rings. The highest BCUT2D eigenvalue weighted by Gasteiger charge is 2.33. The second kappa shape index (κ2) is 6.77. The highest BCUT2D eigenvalue weighted by atomic mass is 16.2. The van der Waals surface area contributed by atoms with Crippen LogP contribution in [0, 0.1) is 27.7 Å². The van der Waals surface area contributed by atoms with Gasteiger partial charge in [0.1, 0.15) is 0 Å². The van der Waals surface area contributed by atoms with Crippen LogP contribution in [-0.4, -0.2) is 34.8 Å². The molecule has 1 aromatic heterocycles. The lowest BCUT2D eigenvalue weighted by Crippen LogP contribution is -2.40. The smallest absolute Gasteiger partial charge is 0.244 e. The van der Waals surface area contributed by atoms with Gasteiger partial charge >= 0.3 is 0 Å². The number of anilines is 1. The first-order valence-corrected chi connectivity index (χ1v) is 8.57. The lowest BCUT2D eigenvalue weighted by atomic mass is 10.0. The van der Waals surface area contributed by atoms with Crippen molar-refractivity contribution in [2.75, 3.05) is 18.0 Å². The van der Waals surface area contributed by atoms with Gasteiger partial charge in [0.15, 0.2) is 0 Å². The van der Waals surface area contributed by atoms with Gasteiger partial charge in [-0.25, -0.2) is 0 Å². The van der Waals surface area contributed by atoms with Crippen molar-refractivity contribution in [2.45, 2.75) is 46.7 Å². The molecule has 2 aromatic rings. The second-order valence-electron chi connectivity index (χ2n) is 6.81. The van der Waals surface area contributed by atoms with Crippen LogP contribution >= 0.6 is 0 Å². The molecule has 0 radical (unpaired) electrons. The maximum Gasteiger partial charge on any atom is 0.244 e. The summed E-state index contributed by atoms with van der Waals surface area (Å²) in [7, 11) is 0. The largest absolute Gasteiger partial charge is 0.310 e. The summed E-state index contributed by atoms with van der Waals surface area (Å²) in [4.78, 5) is 14.7. The molecule has 24 heavy (non-hydrogen) atoms. The standard InChI is InChI=1S/C19H26N4O/c1-13-9-15(3)18(16(4)10-13)23-7-5-17(19(23)24)20-6-8-22-12-14(2)11-21-22/h9-12,17,20H,5-8H2,1-4H3/t17-/m0/s1. The third-order valence-corrected chi connectivity index (χ3v) is 4.60. The quantitative estimate of drug-likeness (QED) is 0.918. The lowest BCUT2D eigenvalue weighted by molar-refractivity contribution is -0.118. The van der Waals surface area contributed by atoms with Gasteiger partial charge in [0, 0.05) is 25.0 Å². The second-order valence-corrected chi connectivity index (χ2v) is 6.81. The Kier molecular flexibility index (Phi) is 4.71. The van der Waals surface area contributed by atoms with E-state index in [4.69, 9.17) is 0 Å². The van der Waals surface area contributed by atoms with Crippen molar-refractivity contribution in [3.63, 3.8) is 0 Å². The molecule has 1 aliphatic heterocycles. The first kappa shape index (κ1) is 16.7. The third-order valence-electron chi connectivity index (χ3n) is 4.60. The summed E-state index contributed by atoms with van der Waals surface area (Å²) in [5.74, 6) is 0.182. The summed E-state index contributed by atoms with van der Waals surface area (Å²) in [6.45, 7) is 10.6. The van der Waals surface area contributed by atoms with E-state index < -0.39 is 0 Å². The summed E-state index contributed by atoms with van der Waals surface area (Å²) >= 11 is 0. The fourth-order valence-electron chi connectivity index (χ4n) is 3.63. The predicted molar refractivity (Wildman–Crippen MR) is 96.4 cm³/mol. The van der Waals surface area contributed by atoms with Gasteiger partial charge in [0.05, 0.1) is 18.8 Å². The lowest BCUT2D eigenvalue weighted by Gasteiger charge is -2.22. The number of aromatic nitrogens is 2. The Morgan fingerprint density at radius 1 is 1.17 bits per heavy atom. The van der Waals surface area contributed by atoms with Crippen molar-refractivity contribution in [3.8, 4) is 0 Å². The molecule has 0 unspecified atom stereocenters. The molecule has 0 bridgehead atoms. The molecular weight excluding hydrogens is 300 g/mol. The molecular formula is C19H26N4O. The zero-order valence-electron chi connectivity index (χ0n) is 15.0. The Morgan fingerprint density at radius 2 is 1.88 bits per heavy atom. The van der Waals surface area contributed by atoms with Crippen LogP contribution in [0.2, 0.25) is 0 Å². The first-order chi connectivity index (χ1) is 11.5. The van der Waals surface area contributed by atoms with Crippen LogP contribution in [0.4, 0.5) is 5.69 Å². The monoisotopic (exact) mass is 326 g/mol. The van der Waals surface area contributed by atoms with Crippen LogP contribution in [0.5, 0.6) is 0 Å². The Bertz CT molecular complexity index is 727. The maximum atomic E-state index is 12.8. The molecule has 1 N–H and O–H groups in total. The normalized spacial score (nSPS) is 17.8. The van der Waals surface area contributed by atoms with Gasteiger partial charge in [0.25, 0.3) is 0 Å². The topological polar surface area (TPSA) is 50.2 Å². The van der Waals surface area contributed by atoms with Crippen LogP contribution in [0.3, 0.4) is 0 Å². The minimum Gasteiger partial charge on any atom is -0.310 e. The molecule has 0 spiro atoms. The minimum atomic E-state index is -0.0956. The number of carbonyl (C=O) groups excluding carboxylic acids is 1. The fourth-order valence-corrected chi connectivity index (χ4v) is 3.63. The van der Waals surface area contributed by atoms with Crippen molar-refractivity contribution in [3.05, 3.63) is 46.8 Å². The van der Waals surface area contributed by atoms with E-state index in [2.05, 4.69) is 43.3 Å². The van der Waals surface area contributed by atoms with Gasteiger partial charge in [0.2, 0.25) is 5.91 Å². The van der Waals surface area contributed by atoms with E-state index >= 15 is 0 Å². The number of carbonyl (C=O) groups is 1. The highest BCUT2D eigenvalue weighted by Crippen LogP contribution is 2.29. The zero-order valence-corrected chi connectivity index (χ0v) is 15.0. The number of hydrogen-bond donors (Lipinski definition) is 1. The number of nitrogens with zero attached hydrogens (tertiary/aromatic N) is 3. The van der Waals surface area contributed by atoms with E-state index in [1.54, 1.807) is 0 Å². The number of aryl methyl sites for hydroxylation is 4. The number of nitrogens with one attached hydrogen (secondary N) is 1. The van der Waals surface area contributed by atoms with Gasteiger partial charge in [-0.3, -0.25) is 9.48 Å². The van der Waals surface area contributed by atoms with Crippen LogP contribution in [0.1, 0.15) is 28.7 Å². The van der Waals surface area contributed by atoms with E-state index in [0.29, 0.717) is 0 Å². The average molecular weight is 326 g/mol. The molecule has 1 amide bonds. The van der Waals surface area contributed by atoms with Gasteiger partial charge < -0.3 is 10.2 Å². The van der Waals surface area contributed by atoms with Crippen LogP contribution < -0.4 is 10.2 Å². The summed E-state index contributed by atoms with van der Waals surface area (Å²) in [6.07, 6.45) is 4.72. The number of amides is 1. The zero-order chi connectivity index (χ0) is 17.3. The Balaban J connectivity index is 1.63. The number of hydrogen-bond acceptors (Lipinski definition) is 3. The van der Waals surface area contributed by atoms with Crippen LogP contribution in [0.15, 0.2) is 24.5 Å². The van der Waals surface area contributed by atoms with Gasteiger partial charge in [-0.05, 0) is 50.8 Å². The van der Waals surface area contributed by atoms with Crippen LogP contribution in [-0.2, 0) is 11.3 Å². The SMILES string of the molecule is Cc1cc(C)c(N2CC[C@H](NCCn3cc(C)cn3)C2=O)c(C)c1. The fraction of sp³-hybridized carbons (Fsp3) is 0.474. The van der Waals surface area contributed by atoms with Gasteiger partial charge in [-0.2, -0.15) is 5.10 Å². The van der Waals surface area contributed by atoms with E-state index in [9.17, 15) is 4.79 Å². The van der Waals surface area contributed by atoms with E-state index in [1.165, 1.54) is 16.7 Å². The molecule has 3 rings (SSSR count). The van der Waals surface area contributed by atoms with E-state index in [-0.39, 0.29) is 11.9 Å². The summed E-state index contributed by atoms with van der Waals surface area (Å²) < 4.78 is 1.91. The molecule has 5 nitrogen and oxygen atoms in total. The summed E-state index contributed by atoms with van der Waals surface area (Å²) in [5.41, 5.74) is 5.83. The Hall–Kier alpha value is -2.14. The molecule has 1 atom stereocenters. The molecule has 0 saturated carbocycles. The highest BCUT2D eigenvalue weighted by molar-refractivity contribution is 6.00. The Morgan fingerprint density at radius 3 is 2.50 bits per heavy atom. The molecule has 0 aliphatic carbocycles. The summed E-state index contributed by atoms with van der Waals surface area (Å²) in [5, 5.41) is 7.66. The maximum absolute atomic E-state index is 12.8. The molecule has 1 aliphatic rings. The Labute approximate surface area is 143 Å². The van der Waals surface area contributed by atoms with Crippen molar-refractivity contribution in [1.82, 2.24) is 15.1 Å². The third kappa shape index (κ3) is 3.36. The van der Waals surface area contributed by atoms with E-state index in [0.717, 1.165) is 37.3 Å². The predicted octanol–water partition coefficient (Wildman–Crippen LogP) is 2.51. The van der Waals surface area contributed by atoms with Gasteiger partial charge in [-0.15, -0.1) is 0 Å². The van der Waals surface area contributed by atoms with Crippen molar-refractivity contribution in [2.24, 2.45) is 0 Å². The molecule has 5 heteroatoms. The number of rotatable bonds is 5. The molecule has 2 heterocycles. The molecule has 128 valence electrons. The van der Waals surface area contributed by atoms with E-state index in [1.807, 2.05) is 28.9 Å². The first-order valence-electron chi connectivity index (χ1n) is 8.57. The van der Waals surface area contributed by atoms with Crippen LogP contribution in [0.25, 0.3) is 0 Å². The van der Waals surface area contributed by atoms with Crippen molar-refractivity contribution >= 4 is 11.6 Å². The molecule has 1 saturated heterocycles. The minimum absolute atomic E-state index is 0.0956. The van der Waals surface area contributed by atoms with Crippen molar-refractivity contribution < 1.29 is 4.79 Å². The van der Waals surface area contributed by atoms with Gasteiger partial charge in [-0.1, -0.05) is 17.7 Å². The number of benzene rings is 1.